The third kappa shape index (κ3) is 22.2. The second kappa shape index (κ2) is 20.9. The van der Waals surface area contributed by atoms with Gasteiger partial charge in [-0.1, -0.05) is 0 Å². The molecule has 0 bridgehead atoms. The van der Waals surface area contributed by atoms with Crippen LogP contribution in [0, 0.1) is 0 Å². The van der Waals surface area contributed by atoms with E-state index in [-0.39, 0.29) is 58.0 Å². The van der Waals surface area contributed by atoms with E-state index in [9.17, 15) is 19.2 Å². The van der Waals surface area contributed by atoms with Gasteiger partial charge in [0, 0.05) is 19.5 Å². The zero-order valence-electron chi connectivity index (χ0n) is 17.8. The molecule has 0 saturated carbocycles. The number of carbonyl (C=O) groups excluding carboxylic acids is 4. The van der Waals surface area contributed by atoms with Gasteiger partial charge in [-0.15, -0.1) is 0 Å². The van der Waals surface area contributed by atoms with Crippen LogP contribution in [-0.2, 0) is 38.1 Å². The molecule has 13 heteroatoms. The number of hydrogen-bond donors (Lipinski definition) is 5. The van der Waals surface area contributed by atoms with Crippen LogP contribution >= 0.6 is 0 Å². The van der Waals surface area contributed by atoms with Gasteiger partial charge in [0.25, 0.3) is 0 Å². The molecule has 7 N–H and O–H groups in total. The zero-order valence-corrected chi connectivity index (χ0v) is 17.8. The van der Waals surface area contributed by atoms with Gasteiger partial charge in [-0.3, -0.25) is 19.2 Å². The Balaban J connectivity index is 3.32. The third-order valence-corrected chi connectivity index (χ3v) is 3.42. The van der Waals surface area contributed by atoms with E-state index in [1.165, 1.54) is 0 Å². The van der Waals surface area contributed by atoms with Gasteiger partial charge in [-0.2, -0.15) is 0 Å². The highest BCUT2D eigenvalue weighted by Gasteiger charge is 2.03. The molecular formula is C18H35N5O8. The number of hydrogen-bond acceptors (Lipinski definition) is 9. The van der Waals surface area contributed by atoms with Crippen molar-refractivity contribution in [3.05, 3.63) is 0 Å². The maximum absolute atomic E-state index is 11.6. The first kappa shape index (κ1) is 28.7. The van der Waals surface area contributed by atoms with Gasteiger partial charge in [0.2, 0.25) is 23.6 Å². The van der Waals surface area contributed by atoms with Crippen LogP contribution in [0.5, 0.6) is 0 Å². The smallest absolute Gasteiger partial charge is 0.246 e. The van der Waals surface area contributed by atoms with Crippen molar-refractivity contribution in [3.8, 4) is 0 Å². The molecule has 0 fully saturated rings. The maximum atomic E-state index is 11.6. The molecule has 0 aliphatic rings. The van der Waals surface area contributed by atoms with Crippen molar-refractivity contribution in [3.63, 3.8) is 0 Å². The number of nitrogens with one attached hydrogen (secondary N) is 3. The van der Waals surface area contributed by atoms with Crippen molar-refractivity contribution < 1.29 is 38.1 Å². The Morgan fingerprint density at radius 1 is 0.645 bits per heavy atom. The molecule has 0 spiro atoms. The average Bonchev–Trinajstić information content (AvgIpc) is 2.74. The van der Waals surface area contributed by atoms with Crippen molar-refractivity contribution in [2.24, 2.45) is 11.5 Å². The minimum absolute atomic E-state index is 0.0528. The molecule has 0 heterocycles. The Morgan fingerprint density at radius 3 is 1.65 bits per heavy atom. The number of ether oxygens (including phenoxy) is 4. The minimum atomic E-state index is -0.631. The lowest BCUT2D eigenvalue weighted by Gasteiger charge is -2.08. The third-order valence-electron chi connectivity index (χ3n) is 3.42. The van der Waals surface area contributed by atoms with Crippen molar-refractivity contribution in [2.75, 3.05) is 79.0 Å². The molecule has 0 aromatic heterocycles. The van der Waals surface area contributed by atoms with Crippen molar-refractivity contribution in [1.82, 2.24) is 16.0 Å². The molecule has 0 unspecified atom stereocenters. The fraction of sp³-hybridized carbons (Fsp3) is 0.778. The summed E-state index contributed by atoms with van der Waals surface area (Å²) in [6, 6.07) is 0. The topological polar surface area (TPSA) is 193 Å². The molecule has 13 nitrogen and oxygen atoms in total. The van der Waals surface area contributed by atoms with Crippen molar-refractivity contribution >= 4 is 23.6 Å². The van der Waals surface area contributed by atoms with E-state index in [1.54, 1.807) is 0 Å². The molecule has 0 aliphatic heterocycles. The zero-order chi connectivity index (χ0) is 23.2. The fourth-order valence-corrected chi connectivity index (χ4v) is 1.93. The first-order valence-corrected chi connectivity index (χ1v) is 10.0. The molecular weight excluding hydrogens is 414 g/mol. The van der Waals surface area contributed by atoms with E-state index in [1.807, 2.05) is 0 Å². The van der Waals surface area contributed by atoms with Gasteiger partial charge in [0.05, 0.1) is 46.2 Å². The Morgan fingerprint density at radius 2 is 1.13 bits per heavy atom. The molecule has 180 valence electrons. The normalized spacial score (nSPS) is 10.5. The fourth-order valence-electron chi connectivity index (χ4n) is 1.93. The van der Waals surface area contributed by atoms with Crippen molar-refractivity contribution in [1.29, 1.82) is 0 Å². The standard InChI is InChI=1S/C18H35N5O8/c19-3-1-2-16(25)21-4-6-28-8-10-30-13-17(26)22-5-7-29-9-11-31-14-18(27)23-12-15(20)24/h1-14,19H2,(H2,20,24)(H,21,25)(H,22,26)(H,23,27). The van der Waals surface area contributed by atoms with Gasteiger partial charge >= 0.3 is 0 Å². The Kier molecular flexibility index (Phi) is 19.4. The molecule has 31 heavy (non-hydrogen) atoms. The number of nitrogens with two attached hydrogens (primary N) is 2. The predicted molar refractivity (Wildman–Crippen MR) is 110 cm³/mol. The minimum Gasteiger partial charge on any atom is -0.377 e. The molecule has 0 saturated heterocycles. The highest BCUT2D eigenvalue weighted by molar-refractivity contribution is 5.84. The van der Waals surface area contributed by atoms with Crippen LogP contribution in [-0.4, -0.2) is 103 Å². The molecule has 0 aromatic carbocycles. The quantitative estimate of drug-likeness (QED) is 0.111. The van der Waals surface area contributed by atoms with E-state index in [2.05, 4.69) is 16.0 Å². The van der Waals surface area contributed by atoms with E-state index >= 15 is 0 Å². The highest BCUT2D eigenvalue weighted by atomic mass is 16.5. The van der Waals surface area contributed by atoms with Crippen LogP contribution in [0.4, 0.5) is 0 Å². The summed E-state index contributed by atoms with van der Waals surface area (Å²) in [4.78, 5) is 44.6. The van der Waals surface area contributed by atoms with Crippen LogP contribution < -0.4 is 27.4 Å². The van der Waals surface area contributed by atoms with Gasteiger partial charge in [0.1, 0.15) is 13.2 Å². The summed E-state index contributed by atoms with van der Waals surface area (Å²) in [6.45, 7) is 2.35. The lowest BCUT2D eigenvalue weighted by atomic mass is 10.3. The van der Waals surface area contributed by atoms with Crippen molar-refractivity contribution in [2.45, 2.75) is 12.8 Å². The predicted octanol–water partition coefficient (Wildman–Crippen LogP) is -3.37. The summed E-state index contributed by atoms with van der Waals surface area (Å²) in [7, 11) is 0. The summed E-state index contributed by atoms with van der Waals surface area (Å²) < 4.78 is 20.7. The number of carbonyl (C=O) groups is 4. The van der Waals surface area contributed by atoms with Crippen LogP contribution in [0.25, 0.3) is 0 Å². The number of primary amides is 1. The first-order chi connectivity index (χ1) is 15.0. The largest absolute Gasteiger partial charge is 0.377 e. The van der Waals surface area contributed by atoms with Gasteiger partial charge in [-0.25, -0.2) is 0 Å². The molecule has 0 aliphatic carbocycles. The summed E-state index contributed by atoms with van der Waals surface area (Å²) in [5.41, 5.74) is 10.2. The van der Waals surface area contributed by atoms with E-state index in [0.29, 0.717) is 45.7 Å². The van der Waals surface area contributed by atoms with Gasteiger partial charge < -0.3 is 46.4 Å². The summed E-state index contributed by atoms with van der Waals surface area (Å²) in [6.07, 6.45) is 1.07. The molecule has 4 amide bonds. The lowest BCUT2D eigenvalue weighted by Crippen LogP contribution is -2.35. The van der Waals surface area contributed by atoms with Crippen LogP contribution in [0.2, 0.25) is 0 Å². The Bertz CT molecular complexity index is 521. The second-order valence-corrected chi connectivity index (χ2v) is 6.17. The SMILES string of the molecule is NCCCC(=O)NCCOCCOCC(=O)NCCOCCOCC(=O)NCC(N)=O. The van der Waals surface area contributed by atoms with E-state index in [0.717, 1.165) is 0 Å². The van der Waals surface area contributed by atoms with Gasteiger partial charge in [-0.05, 0) is 13.0 Å². The summed E-state index contributed by atoms with van der Waals surface area (Å²) >= 11 is 0. The van der Waals surface area contributed by atoms with Crippen LogP contribution in [0.3, 0.4) is 0 Å². The second-order valence-electron chi connectivity index (χ2n) is 6.17. The van der Waals surface area contributed by atoms with E-state index in [4.69, 9.17) is 30.4 Å². The van der Waals surface area contributed by atoms with Crippen LogP contribution in [0.1, 0.15) is 12.8 Å². The monoisotopic (exact) mass is 449 g/mol. The Hall–Kier alpha value is -2.32. The maximum Gasteiger partial charge on any atom is 0.246 e. The number of amides is 4. The van der Waals surface area contributed by atoms with E-state index < -0.39 is 11.8 Å². The highest BCUT2D eigenvalue weighted by Crippen LogP contribution is 1.85. The summed E-state index contributed by atoms with van der Waals surface area (Å²) in [5, 5.41) is 7.62. The molecule has 0 radical (unpaired) electrons. The molecule has 0 rings (SSSR count). The molecule has 0 atom stereocenters. The Labute approximate surface area is 181 Å². The summed E-state index contributed by atoms with van der Waals surface area (Å²) in [5.74, 6) is -1.41. The lowest BCUT2D eigenvalue weighted by molar-refractivity contribution is -0.128. The number of rotatable bonds is 21. The van der Waals surface area contributed by atoms with Gasteiger partial charge in [0.15, 0.2) is 0 Å². The molecule has 0 aromatic rings. The van der Waals surface area contributed by atoms with Crippen LogP contribution in [0.15, 0.2) is 0 Å². The first-order valence-electron chi connectivity index (χ1n) is 10.0. The average molecular weight is 450 g/mol.